The van der Waals surface area contributed by atoms with Crippen molar-refractivity contribution in [3.05, 3.63) is 59.2 Å². The van der Waals surface area contributed by atoms with Crippen molar-refractivity contribution >= 4 is 16.9 Å². The second-order valence-corrected chi connectivity index (χ2v) is 6.85. The Morgan fingerprint density at radius 2 is 2.15 bits per heavy atom. The number of likely N-dealkylation sites (tertiary alicyclic amines) is 1. The molecule has 5 nitrogen and oxygen atoms in total. The summed E-state index contributed by atoms with van der Waals surface area (Å²) in [5.41, 5.74) is 2.90. The van der Waals surface area contributed by atoms with E-state index in [1.807, 2.05) is 24.0 Å². The lowest BCUT2D eigenvalue weighted by Gasteiger charge is -2.30. The van der Waals surface area contributed by atoms with E-state index in [0.29, 0.717) is 17.8 Å². The summed E-state index contributed by atoms with van der Waals surface area (Å²) in [6.45, 7) is 2.55. The minimum atomic E-state index is -0.267. The molecule has 1 saturated heterocycles. The smallest absolute Gasteiger partial charge is 0.255 e. The molecule has 26 heavy (non-hydrogen) atoms. The van der Waals surface area contributed by atoms with Gasteiger partial charge in [0.05, 0.1) is 17.3 Å². The molecule has 0 aliphatic carbocycles. The Bertz CT molecular complexity index is 952. The molecule has 6 heteroatoms. The fourth-order valence-corrected chi connectivity index (χ4v) is 3.72. The Morgan fingerprint density at radius 3 is 3.00 bits per heavy atom. The number of aryl methyl sites for hydroxylation is 1. The van der Waals surface area contributed by atoms with Crippen LogP contribution < -0.4 is 0 Å². The zero-order chi connectivity index (χ0) is 18.1. The van der Waals surface area contributed by atoms with Gasteiger partial charge in [0, 0.05) is 18.1 Å². The first-order chi connectivity index (χ1) is 12.6. The summed E-state index contributed by atoms with van der Waals surface area (Å²) in [6.07, 6.45) is 5.50. The van der Waals surface area contributed by atoms with Crippen LogP contribution in [0.25, 0.3) is 11.0 Å². The highest BCUT2D eigenvalue weighted by Gasteiger charge is 2.28. The van der Waals surface area contributed by atoms with E-state index < -0.39 is 0 Å². The van der Waals surface area contributed by atoms with Gasteiger partial charge in [-0.15, -0.1) is 0 Å². The number of halogens is 1. The Labute approximate surface area is 151 Å². The largest absolute Gasteiger partial charge is 0.332 e. The minimum Gasteiger partial charge on any atom is -0.332 e. The van der Waals surface area contributed by atoms with Gasteiger partial charge in [0.25, 0.3) is 5.91 Å². The third-order valence-electron chi connectivity index (χ3n) is 5.10. The van der Waals surface area contributed by atoms with Gasteiger partial charge in [-0.2, -0.15) is 5.10 Å². The van der Waals surface area contributed by atoms with E-state index in [1.165, 1.54) is 12.1 Å². The van der Waals surface area contributed by atoms with Gasteiger partial charge in [0.1, 0.15) is 5.82 Å². The highest BCUT2D eigenvalue weighted by Crippen LogP contribution is 2.32. The quantitative estimate of drug-likeness (QED) is 0.753. The summed E-state index contributed by atoms with van der Waals surface area (Å²) in [7, 11) is 0. The van der Waals surface area contributed by atoms with Gasteiger partial charge < -0.3 is 4.90 Å². The van der Waals surface area contributed by atoms with E-state index in [2.05, 4.69) is 15.2 Å². The molecular weight excluding hydrogens is 331 g/mol. The monoisotopic (exact) mass is 352 g/mol. The van der Waals surface area contributed by atoms with Crippen molar-refractivity contribution in [3.8, 4) is 0 Å². The van der Waals surface area contributed by atoms with Crippen LogP contribution in [0.3, 0.4) is 0 Å². The summed E-state index contributed by atoms with van der Waals surface area (Å²) in [6, 6.07) is 8.32. The second kappa shape index (κ2) is 6.86. The van der Waals surface area contributed by atoms with Crippen molar-refractivity contribution in [1.82, 2.24) is 20.1 Å². The number of fused-ring (bicyclic) bond motifs is 1. The Morgan fingerprint density at radius 1 is 1.27 bits per heavy atom. The predicted molar refractivity (Wildman–Crippen MR) is 97.3 cm³/mol. The van der Waals surface area contributed by atoms with Gasteiger partial charge in [0.15, 0.2) is 5.65 Å². The molecule has 1 unspecified atom stereocenters. The van der Waals surface area contributed by atoms with Gasteiger partial charge in [-0.3, -0.25) is 9.89 Å². The molecule has 134 valence electrons. The average molecular weight is 352 g/mol. The lowest BCUT2D eigenvalue weighted by Crippen LogP contribution is -2.35. The lowest BCUT2D eigenvalue weighted by atomic mass is 10.00. The molecule has 0 spiro atoms. The molecule has 1 aromatic carbocycles. The number of pyridine rings is 1. The third-order valence-corrected chi connectivity index (χ3v) is 5.10. The van der Waals surface area contributed by atoms with Crippen LogP contribution in [-0.4, -0.2) is 32.5 Å². The molecule has 1 aliphatic rings. The first-order valence-corrected chi connectivity index (χ1v) is 9.00. The highest BCUT2D eigenvalue weighted by molar-refractivity contribution is 5.97. The summed E-state index contributed by atoms with van der Waals surface area (Å²) in [5, 5.41) is 7.85. The SMILES string of the molecule is Cc1n[nH]c2ncc(C(=O)N3CCCCCC3c3cccc(F)c3)cc12. The Hall–Kier alpha value is -2.76. The fourth-order valence-electron chi connectivity index (χ4n) is 3.72. The summed E-state index contributed by atoms with van der Waals surface area (Å²) in [4.78, 5) is 19.5. The van der Waals surface area contributed by atoms with Crippen LogP contribution in [0, 0.1) is 12.7 Å². The van der Waals surface area contributed by atoms with Crippen molar-refractivity contribution in [1.29, 1.82) is 0 Å². The van der Waals surface area contributed by atoms with Crippen molar-refractivity contribution in [2.75, 3.05) is 6.54 Å². The van der Waals surface area contributed by atoms with Crippen LogP contribution in [0.1, 0.15) is 53.3 Å². The minimum absolute atomic E-state index is 0.0591. The number of benzene rings is 1. The van der Waals surface area contributed by atoms with E-state index in [0.717, 1.165) is 42.3 Å². The van der Waals surface area contributed by atoms with E-state index in [1.54, 1.807) is 12.3 Å². The number of nitrogens with one attached hydrogen (secondary N) is 1. The van der Waals surface area contributed by atoms with Gasteiger partial charge in [0.2, 0.25) is 0 Å². The van der Waals surface area contributed by atoms with E-state index in [4.69, 9.17) is 0 Å². The maximum absolute atomic E-state index is 13.7. The first-order valence-electron chi connectivity index (χ1n) is 9.00. The number of amides is 1. The number of hydrogen-bond acceptors (Lipinski definition) is 3. The molecular formula is C20H21FN4O. The zero-order valence-electron chi connectivity index (χ0n) is 14.7. The van der Waals surface area contributed by atoms with Gasteiger partial charge >= 0.3 is 0 Å². The van der Waals surface area contributed by atoms with Gasteiger partial charge in [-0.25, -0.2) is 9.37 Å². The van der Waals surface area contributed by atoms with Crippen LogP contribution in [0.15, 0.2) is 36.5 Å². The number of nitrogens with zero attached hydrogens (tertiary/aromatic N) is 3. The molecule has 1 N–H and O–H groups in total. The molecule has 2 aromatic heterocycles. The van der Waals surface area contributed by atoms with E-state index in [-0.39, 0.29) is 17.8 Å². The number of aromatic amines is 1. The molecule has 3 aromatic rings. The molecule has 0 saturated carbocycles. The second-order valence-electron chi connectivity index (χ2n) is 6.85. The van der Waals surface area contributed by atoms with Gasteiger partial charge in [-0.1, -0.05) is 25.0 Å². The zero-order valence-corrected chi connectivity index (χ0v) is 14.7. The number of aromatic nitrogens is 3. The normalized spacial score (nSPS) is 18.1. The molecule has 1 aliphatic heterocycles. The van der Waals surface area contributed by atoms with Crippen LogP contribution >= 0.6 is 0 Å². The topological polar surface area (TPSA) is 61.9 Å². The Balaban J connectivity index is 1.71. The van der Waals surface area contributed by atoms with Crippen molar-refractivity contribution in [2.45, 2.75) is 38.6 Å². The van der Waals surface area contributed by atoms with Crippen LogP contribution in [0.4, 0.5) is 4.39 Å². The van der Waals surface area contributed by atoms with Gasteiger partial charge in [-0.05, 0) is 43.5 Å². The summed E-state index contributed by atoms with van der Waals surface area (Å²) in [5.74, 6) is -0.326. The van der Waals surface area contributed by atoms with Crippen LogP contribution in [-0.2, 0) is 0 Å². The molecule has 1 atom stereocenters. The average Bonchev–Trinajstić information content (AvgIpc) is 2.87. The number of rotatable bonds is 2. The van der Waals surface area contributed by atoms with Crippen molar-refractivity contribution in [2.24, 2.45) is 0 Å². The number of hydrogen-bond donors (Lipinski definition) is 1. The lowest BCUT2D eigenvalue weighted by molar-refractivity contribution is 0.0680. The molecule has 4 rings (SSSR count). The molecule has 1 fully saturated rings. The standard InChI is InChI=1S/C20H21FN4O/c1-13-17-11-15(12-22-19(17)24-23-13)20(26)25-9-4-2-3-8-18(25)14-6-5-7-16(21)10-14/h5-7,10-12,18H,2-4,8-9H2,1H3,(H,22,23,24). The predicted octanol–water partition coefficient (Wildman–Crippen LogP) is 4.16. The fraction of sp³-hybridized carbons (Fsp3) is 0.350. The number of carbonyl (C=O) groups is 1. The molecule has 1 amide bonds. The third kappa shape index (κ3) is 3.07. The van der Waals surface area contributed by atoms with Crippen molar-refractivity contribution < 1.29 is 9.18 Å². The van der Waals surface area contributed by atoms with Crippen LogP contribution in [0.2, 0.25) is 0 Å². The summed E-state index contributed by atoms with van der Waals surface area (Å²) >= 11 is 0. The maximum atomic E-state index is 13.7. The van der Waals surface area contributed by atoms with E-state index >= 15 is 0 Å². The molecule has 0 radical (unpaired) electrons. The van der Waals surface area contributed by atoms with E-state index in [9.17, 15) is 9.18 Å². The Kier molecular flexibility index (Phi) is 4.41. The molecule has 3 heterocycles. The van der Waals surface area contributed by atoms with Crippen molar-refractivity contribution in [3.63, 3.8) is 0 Å². The number of H-pyrrole nitrogens is 1. The van der Waals surface area contributed by atoms with Crippen LogP contribution in [0.5, 0.6) is 0 Å². The maximum Gasteiger partial charge on any atom is 0.255 e. The highest BCUT2D eigenvalue weighted by atomic mass is 19.1. The number of carbonyl (C=O) groups excluding carboxylic acids is 1. The first kappa shape index (κ1) is 16.7. The summed E-state index contributed by atoms with van der Waals surface area (Å²) < 4.78 is 13.7. The molecule has 0 bridgehead atoms.